The van der Waals surface area contributed by atoms with Crippen molar-refractivity contribution in [3.05, 3.63) is 66.2 Å². The van der Waals surface area contributed by atoms with Gasteiger partial charge in [0.15, 0.2) is 5.82 Å². The molecule has 1 amide bonds. The van der Waals surface area contributed by atoms with Crippen LogP contribution < -0.4 is 15.4 Å². The van der Waals surface area contributed by atoms with Crippen molar-refractivity contribution in [2.75, 3.05) is 32.6 Å². The Morgan fingerprint density at radius 1 is 1.11 bits per heavy atom. The second kappa shape index (κ2) is 10.0. The summed E-state index contributed by atoms with van der Waals surface area (Å²) in [5.41, 5.74) is 4.22. The van der Waals surface area contributed by atoms with E-state index in [4.69, 9.17) is 9.47 Å². The molecule has 0 radical (unpaired) electrons. The van der Waals surface area contributed by atoms with Gasteiger partial charge in [-0.2, -0.15) is 5.10 Å². The first-order chi connectivity index (χ1) is 18.5. The molecule has 38 heavy (non-hydrogen) atoms. The number of likely N-dealkylation sites (N-methyl/N-ethyl adjacent to an activating group) is 1. The summed E-state index contributed by atoms with van der Waals surface area (Å²) in [6.07, 6.45) is 5.77. The van der Waals surface area contributed by atoms with E-state index in [2.05, 4.69) is 49.8 Å². The number of nitrogens with one attached hydrogen (secondary N) is 2. The molecule has 6 heterocycles. The molecule has 4 aromatic heterocycles. The number of hydrogen-bond donors (Lipinski definition) is 2. The number of ether oxygens (including phenoxy) is 2. The molecule has 2 aliphatic rings. The van der Waals surface area contributed by atoms with E-state index in [1.165, 1.54) is 0 Å². The summed E-state index contributed by atoms with van der Waals surface area (Å²) in [6.45, 7) is 3.50. The third-order valence-electron chi connectivity index (χ3n) is 7.38. The van der Waals surface area contributed by atoms with Gasteiger partial charge in [-0.25, -0.2) is 9.50 Å². The van der Waals surface area contributed by atoms with Crippen molar-refractivity contribution in [3.8, 4) is 16.9 Å². The van der Waals surface area contributed by atoms with Gasteiger partial charge < -0.3 is 20.1 Å². The van der Waals surface area contributed by atoms with Crippen molar-refractivity contribution in [3.63, 3.8) is 0 Å². The second-order valence-electron chi connectivity index (χ2n) is 9.97. The summed E-state index contributed by atoms with van der Waals surface area (Å²) >= 11 is 0. The SMILES string of the molecule is CNC(=O)c1cccc(Nc2cc3cc(-c4cc(C)ncc4O[C@H]4C[C@H]5COC[C@@H](C4)N5C)ccn3n2)n1. The van der Waals surface area contributed by atoms with Crippen molar-refractivity contribution < 1.29 is 14.3 Å². The molecule has 2 fully saturated rings. The van der Waals surface area contributed by atoms with E-state index in [9.17, 15) is 4.79 Å². The van der Waals surface area contributed by atoms with E-state index < -0.39 is 0 Å². The number of piperidine rings is 1. The van der Waals surface area contributed by atoms with Gasteiger partial charge >= 0.3 is 0 Å². The monoisotopic (exact) mass is 513 g/mol. The molecule has 196 valence electrons. The number of nitrogens with zero attached hydrogens (tertiary/aromatic N) is 5. The first-order valence-electron chi connectivity index (χ1n) is 12.9. The maximum atomic E-state index is 11.9. The van der Waals surface area contributed by atoms with Gasteiger partial charge in [0.05, 0.1) is 24.9 Å². The Kier molecular flexibility index (Phi) is 6.42. The first kappa shape index (κ1) is 24.3. The smallest absolute Gasteiger partial charge is 0.269 e. The predicted molar refractivity (Wildman–Crippen MR) is 144 cm³/mol. The van der Waals surface area contributed by atoms with E-state index in [1.807, 2.05) is 31.5 Å². The standard InChI is InChI=1S/C28H31N7O3/c1-17-9-23(25(14-30-17)38-22-11-20-15-37-16-21(12-22)34(20)3)18-7-8-35-19(10-18)13-27(33-35)32-26-6-4-5-24(31-26)28(36)29-2/h4-10,13-14,20-22H,11-12,15-16H2,1-3H3,(H,29,36)(H,31,32,33)/t20-,21+,22-. The largest absolute Gasteiger partial charge is 0.488 e. The van der Waals surface area contributed by atoms with Crippen LogP contribution in [0, 0.1) is 6.92 Å². The number of fused-ring (bicyclic) bond motifs is 3. The molecule has 2 bridgehead atoms. The van der Waals surface area contributed by atoms with Gasteiger partial charge in [0.25, 0.3) is 5.91 Å². The molecule has 0 saturated carbocycles. The minimum absolute atomic E-state index is 0.126. The number of aryl methyl sites for hydroxylation is 1. The molecular formula is C28H31N7O3. The van der Waals surface area contributed by atoms with Crippen LogP contribution in [-0.2, 0) is 4.74 Å². The molecule has 0 aliphatic carbocycles. The van der Waals surface area contributed by atoms with Gasteiger partial charge in [0.1, 0.15) is 23.4 Å². The van der Waals surface area contributed by atoms with Crippen molar-refractivity contribution in [1.82, 2.24) is 29.8 Å². The summed E-state index contributed by atoms with van der Waals surface area (Å²) in [4.78, 5) is 23.3. The number of carbonyl (C=O) groups is 1. The van der Waals surface area contributed by atoms with E-state index in [0.717, 1.165) is 54.1 Å². The number of hydrogen-bond acceptors (Lipinski definition) is 8. The van der Waals surface area contributed by atoms with Crippen molar-refractivity contribution in [1.29, 1.82) is 0 Å². The molecule has 0 aromatic carbocycles. The minimum Gasteiger partial charge on any atom is -0.488 e. The summed E-state index contributed by atoms with van der Waals surface area (Å²) in [5, 5.41) is 10.4. The van der Waals surface area contributed by atoms with Crippen LogP contribution in [0.15, 0.2) is 54.9 Å². The van der Waals surface area contributed by atoms with Gasteiger partial charge in [-0.3, -0.25) is 14.7 Å². The third kappa shape index (κ3) is 4.80. The summed E-state index contributed by atoms with van der Waals surface area (Å²) in [7, 11) is 3.77. The Morgan fingerprint density at radius 3 is 2.71 bits per heavy atom. The summed E-state index contributed by atoms with van der Waals surface area (Å²) < 4.78 is 14.2. The van der Waals surface area contributed by atoms with Crippen molar-refractivity contribution >= 4 is 23.1 Å². The topological polar surface area (TPSA) is 106 Å². The van der Waals surface area contributed by atoms with Gasteiger partial charge in [0.2, 0.25) is 0 Å². The Balaban J connectivity index is 1.25. The number of anilines is 2. The zero-order valence-corrected chi connectivity index (χ0v) is 21.7. The van der Waals surface area contributed by atoms with Crippen molar-refractivity contribution in [2.24, 2.45) is 0 Å². The van der Waals surface area contributed by atoms with Crippen LogP contribution in [0.2, 0.25) is 0 Å². The molecule has 0 unspecified atom stereocenters. The number of rotatable bonds is 6. The Morgan fingerprint density at radius 2 is 1.92 bits per heavy atom. The highest BCUT2D eigenvalue weighted by molar-refractivity contribution is 5.92. The van der Waals surface area contributed by atoms with Gasteiger partial charge in [0, 0.05) is 55.5 Å². The number of aromatic nitrogens is 4. The average molecular weight is 514 g/mol. The number of pyridine rings is 3. The fourth-order valence-electron chi connectivity index (χ4n) is 5.30. The maximum Gasteiger partial charge on any atom is 0.269 e. The highest BCUT2D eigenvalue weighted by atomic mass is 16.5. The molecule has 0 spiro atoms. The molecule has 10 heteroatoms. The van der Waals surface area contributed by atoms with E-state index >= 15 is 0 Å². The number of morpholine rings is 1. The van der Waals surface area contributed by atoms with Crippen LogP contribution in [0.25, 0.3) is 16.6 Å². The molecule has 3 atom stereocenters. The number of carbonyl (C=O) groups excluding carboxylic acids is 1. The van der Waals surface area contributed by atoms with E-state index in [-0.39, 0.29) is 12.0 Å². The highest BCUT2D eigenvalue weighted by Crippen LogP contribution is 2.35. The van der Waals surface area contributed by atoms with E-state index in [0.29, 0.717) is 29.4 Å². The lowest BCUT2D eigenvalue weighted by molar-refractivity contribution is -0.0879. The second-order valence-corrected chi connectivity index (χ2v) is 9.97. The highest BCUT2D eigenvalue weighted by Gasteiger charge is 2.38. The summed E-state index contributed by atoms with van der Waals surface area (Å²) in [6, 6.07) is 14.2. The Labute approximate surface area is 221 Å². The lowest BCUT2D eigenvalue weighted by Gasteiger charge is -2.46. The lowest BCUT2D eigenvalue weighted by atomic mass is 9.92. The third-order valence-corrected chi connectivity index (χ3v) is 7.38. The van der Waals surface area contributed by atoms with Crippen LogP contribution in [-0.4, -0.2) is 75.9 Å². The average Bonchev–Trinajstić information content (AvgIpc) is 3.31. The molecule has 2 aliphatic heterocycles. The fourth-order valence-corrected chi connectivity index (χ4v) is 5.30. The molecule has 10 nitrogen and oxygen atoms in total. The van der Waals surface area contributed by atoms with Gasteiger partial charge in [-0.1, -0.05) is 6.07 Å². The molecule has 2 N–H and O–H groups in total. The van der Waals surface area contributed by atoms with Crippen LogP contribution in [0.3, 0.4) is 0 Å². The van der Waals surface area contributed by atoms with Crippen LogP contribution in [0.1, 0.15) is 29.0 Å². The fraction of sp³-hybridized carbons (Fsp3) is 0.357. The maximum absolute atomic E-state index is 11.9. The van der Waals surface area contributed by atoms with Crippen LogP contribution in [0.4, 0.5) is 11.6 Å². The Hall–Kier alpha value is -4.02. The lowest BCUT2D eigenvalue weighted by Crippen LogP contribution is -2.57. The first-order valence-corrected chi connectivity index (χ1v) is 12.9. The molecule has 4 aromatic rings. The van der Waals surface area contributed by atoms with Gasteiger partial charge in [-0.05, 0) is 49.9 Å². The molecule has 2 saturated heterocycles. The zero-order valence-electron chi connectivity index (χ0n) is 21.7. The molecular weight excluding hydrogens is 482 g/mol. The zero-order chi connectivity index (χ0) is 26.2. The minimum atomic E-state index is -0.240. The summed E-state index contributed by atoms with van der Waals surface area (Å²) in [5.74, 6) is 1.73. The van der Waals surface area contributed by atoms with Gasteiger partial charge in [-0.15, -0.1) is 0 Å². The van der Waals surface area contributed by atoms with Crippen LogP contribution >= 0.6 is 0 Å². The van der Waals surface area contributed by atoms with Crippen LogP contribution in [0.5, 0.6) is 5.75 Å². The molecule has 6 rings (SSSR count). The number of amides is 1. The van der Waals surface area contributed by atoms with E-state index in [1.54, 1.807) is 29.8 Å². The predicted octanol–water partition coefficient (Wildman–Crippen LogP) is 3.44. The van der Waals surface area contributed by atoms with Crippen molar-refractivity contribution in [2.45, 2.75) is 38.0 Å². The normalized spacial score (nSPS) is 21.3. The quantitative estimate of drug-likeness (QED) is 0.404. The Bertz CT molecular complexity index is 1470.